The monoisotopic (exact) mass is 326 g/mol. The number of hydrogen-bond donors (Lipinski definition) is 0. The van der Waals surface area contributed by atoms with Gasteiger partial charge in [-0.3, -0.25) is 0 Å². The molecule has 1 aromatic carbocycles. The second-order valence-electron chi connectivity index (χ2n) is 5.40. The molecule has 0 bridgehead atoms. The smallest absolute Gasteiger partial charge is 0.346 e. The molecule has 0 nitrogen and oxygen atoms in total. The molecular weight excluding hydrogens is 294 g/mol. The van der Waals surface area contributed by atoms with Gasteiger partial charge in [0.15, 0.2) is 0 Å². The van der Waals surface area contributed by atoms with Crippen molar-refractivity contribution >= 4 is 0 Å². The Labute approximate surface area is 141 Å². The minimum absolute atomic E-state index is 0. The number of rotatable bonds is 3. The van der Waals surface area contributed by atoms with Crippen molar-refractivity contribution in [3.63, 3.8) is 0 Å². The predicted octanol–water partition coefficient (Wildman–Crippen LogP) is 6.74. The molecule has 0 radical (unpaired) electrons. The quantitative estimate of drug-likeness (QED) is 0.426. The first kappa shape index (κ1) is 24.8. The fourth-order valence-electron chi connectivity index (χ4n) is 1.70. The molecular formula is C19H34Zn. The summed E-state index contributed by atoms with van der Waals surface area (Å²) in [6.45, 7) is 23.6. The van der Waals surface area contributed by atoms with Crippen LogP contribution in [0, 0.1) is 13.8 Å². The summed E-state index contributed by atoms with van der Waals surface area (Å²) in [7, 11) is 0. The van der Waals surface area contributed by atoms with E-state index in [0.29, 0.717) is 17.8 Å². The summed E-state index contributed by atoms with van der Waals surface area (Å²) in [4.78, 5) is 0. The van der Waals surface area contributed by atoms with E-state index in [9.17, 15) is 0 Å². The van der Waals surface area contributed by atoms with Gasteiger partial charge in [0.25, 0.3) is 0 Å². The molecule has 112 valence electrons. The Morgan fingerprint density at radius 1 is 0.550 bits per heavy atom. The van der Waals surface area contributed by atoms with Crippen molar-refractivity contribution in [1.29, 1.82) is 0 Å². The van der Waals surface area contributed by atoms with Gasteiger partial charge in [0.1, 0.15) is 0 Å². The molecule has 0 aliphatic heterocycles. The van der Waals surface area contributed by atoms with Crippen LogP contribution in [0.4, 0.5) is 0 Å². The third kappa shape index (κ3) is 8.90. The van der Waals surface area contributed by atoms with E-state index in [1.807, 2.05) is 0 Å². The van der Waals surface area contributed by atoms with Gasteiger partial charge in [0.05, 0.1) is 0 Å². The van der Waals surface area contributed by atoms with Crippen molar-refractivity contribution < 1.29 is 19.5 Å². The average molecular weight is 328 g/mol. The first-order chi connectivity index (χ1) is 8.91. The SMILES string of the molecule is CC(C)c1cc(C(C)C)cc(C(C)C)c1.[CH2-]C.[CH2-]C.[Zn+2]. The van der Waals surface area contributed by atoms with Gasteiger partial charge in [0.2, 0.25) is 0 Å². The van der Waals surface area contributed by atoms with Crippen LogP contribution in [0.1, 0.15) is 89.8 Å². The van der Waals surface area contributed by atoms with Gasteiger partial charge in [-0.05, 0) is 34.4 Å². The molecule has 0 aromatic heterocycles. The third-order valence-electron chi connectivity index (χ3n) is 3.00. The van der Waals surface area contributed by atoms with Crippen LogP contribution in [0.25, 0.3) is 0 Å². The van der Waals surface area contributed by atoms with Gasteiger partial charge >= 0.3 is 19.5 Å². The van der Waals surface area contributed by atoms with Crippen LogP contribution in [0.15, 0.2) is 18.2 Å². The molecule has 0 aliphatic carbocycles. The van der Waals surface area contributed by atoms with Crippen LogP contribution in [0.3, 0.4) is 0 Å². The molecule has 0 unspecified atom stereocenters. The van der Waals surface area contributed by atoms with E-state index in [0.717, 1.165) is 0 Å². The Morgan fingerprint density at radius 3 is 0.800 bits per heavy atom. The molecule has 1 rings (SSSR count). The Morgan fingerprint density at radius 2 is 0.700 bits per heavy atom. The summed E-state index contributed by atoms with van der Waals surface area (Å²) >= 11 is 0. The van der Waals surface area contributed by atoms with Crippen LogP contribution in [0.5, 0.6) is 0 Å². The van der Waals surface area contributed by atoms with E-state index in [1.54, 1.807) is 13.8 Å². The standard InChI is InChI=1S/C15H24.2C2H5.Zn/c1-10(2)13-7-14(11(3)4)9-15(8-13)12(5)6;2*1-2;/h7-12H,1-6H3;2*1H2,2H3;/q;2*-1;+2. The summed E-state index contributed by atoms with van der Waals surface area (Å²) in [6, 6.07) is 7.09. The van der Waals surface area contributed by atoms with Gasteiger partial charge in [-0.1, -0.05) is 59.7 Å². The zero-order valence-electron chi connectivity index (χ0n) is 15.1. The Balaban J connectivity index is -0.000000529. The number of benzene rings is 1. The Kier molecular flexibility index (Phi) is 17.1. The van der Waals surface area contributed by atoms with E-state index >= 15 is 0 Å². The molecule has 0 N–H and O–H groups in total. The third-order valence-corrected chi connectivity index (χ3v) is 3.00. The fraction of sp³-hybridized carbons (Fsp3) is 0.579. The maximum Gasteiger partial charge on any atom is 2.00 e. The van der Waals surface area contributed by atoms with Crippen LogP contribution in [-0.2, 0) is 19.5 Å². The van der Waals surface area contributed by atoms with Crippen LogP contribution >= 0.6 is 0 Å². The zero-order valence-corrected chi connectivity index (χ0v) is 18.1. The second-order valence-corrected chi connectivity index (χ2v) is 5.40. The second kappa shape index (κ2) is 13.8. The van der Waals surface area contributed by atoms with Crippen molar-refractivity contribution in [3.8, 4) is 0 Å². The molecule has 0 saturated heterocycles. The minimum Gasteiger partial charge on any atom is -0.346 e. The van der Waals surface area contributed by atoms with Gasteiger partial charge in [0, 0.05) is 0 Å². The number of hydrogen-bond acceptors (Lipinski definition) is 0. The summed E-state index contributed by atoms with van der Waals surface area (Å²) in [5.74, 6) is 1.88. The largest absolute Gasteiger partial charge is 2.00 e. The molecule has 20 heavy (non-hydrogen) atoms. The molecule has 0 amide bonds. The van der Waals surface area contributed by atoms with E-state index < -0.39 is 0 Å². The molecule has 0 spiro atoms. The topological polar surface area (TPSA) is 0 Å². The van der Waals surface area contributed by atoms with Crippen molar-refractivity contribution in [2.24, 2.45) is 0 Å². The summed E-state index contributed by atoms with van der Waals surface area (Å²) in [5, 5.41) is 0. The Bertz CT molecular complexity index is 260. The van der Waals surface area contributed by atoms with Crippen molar-refractivity contribution in [2.75, 3.05) is 0 Å². The maximum atomic E-state index is 3.25. The molecule has 1 heteroatoms. The first-order valence-corrected chi connectivity index (χ1v) is 7.48. The maximum absolute atomic E-state index is 3.25. The van der Waals surface area contributed by atoms with Crippen LogP contribution in [-0.4, -0.2) is 0 Å². The molecule has 0 heterocycles. The normalized spacial score (nSPS) is 9.45. The van der Waals surface area contributed by atoms with Gasteiger partial charge < -0.3 is 13.8 Å². The zero-order chi connectivity index (χ0) is 15.6. The average Bonchev–Trinajstić information content (AvgIpc) is 2.42. The van der Waals surface area contributed by atoms with Gasteiger partial charge in [-0.25, -0.2) is 0 Å². The first-order valence-electron chi connectivity index (χ1n) is 7.48. The van der Waals surface area contributed by atoms with Crippen molar-refractivity contribution in [3.05, 3.63) is 48.7 Å². The van der Waals surface area contributed by atoms with Gasteiger partial charge in [-0.15, -0.1) is 0 Å². The molecule has 0 fully saturated rings. The van der Waals surface area contributed by atoms with Crippen LogP contribution < -0.4 is 0 Å². The minimum atomic E-state index is 0. The van der Waals surface area contributed by atoms with E-state index in [4.69, 9.17) is 0 Å². The van der Waals surface area contributed by atoms with E-state index in [1.165, 1.54) is 16.7 Å². The summed E-state index contributed by atoms with van der Waals surface area (Å²) in [6.07, 6.45) is 0. The predicted molar refractivity (Wildman–Crippen MR) is 90.8 cm³/mol. The van der Waals surface area contributed by atoms with Gasteiger partial charge in [-0.2, -0.15) is 13.8 Å². The summed E-state index contributed by atoms with van der Waals surface area (Å²) in [5.41, 5.74) is 4.43. The molecule has 1 aromatic rings. The van der Waals surface area contributed by atoms with Crippen molar-refractivity contribution in [2.45, 2.75) is 73.1 Å². The van der Waals surface area contributed by atoms with Crippen molar-refractivity contribution in [1.82, 2.24) is 0 Å². The fourth-order valence-corrected chi connectivity index (χ4v) is 1.70. The van der Waals surface area contributed by atoms with E-state index in [-0.39, 0.29) is 19.5 Å². The summed E-state index contributed by atoms with van der Waals surface area (Å²) < 4.78 is 0. The molecule has 0 aliphatic rings. The van der Waals surface area contributed by atoms with Crippen LogP contribution in [0.2, 0.25) is 0 Å². The molecule has 0 saturated carbocycles. The molecule has 0 atom stereocenters. The Hall–Kier alpha value is -0.157. The van der Waals surface area contributed by atoms with E-state index in [2.05, 4.69) is 73.6 Å².